The minimum Gasteiger partial charge on any atom is -0.486 e. The van der Waals surface area contributed by atoms with Crippen molar-refractivity contribution in [3.8, 4) is 11.5 Å². The smallest absolute Gasteiger partial charge is 0.293 e. The van der Waals surface area contributed by atoms with Crippen molar-refractivity contribution in [2.24, 2.45) is 0 Å². The van der Waals surface area contributed by atoms with Crippen molar-refractivity contribution in [3.05, 3.63) is 48.2 Å². The van der Waals surface area contributed by atoms with E-state index in [0.29, 0.717) is 41.7 Å². The zero-order valence-electron chi connectivity index (χ0n) is 12.2. The maximum absolute atomic E-state index is 12.4. The van der Waals surface area contributed by atoms with Gasteiger partial charge in [-0.05, 0) is 24.3 Å². The van der Waals surface area contributed by atoms with Gasteiger partial charge in [-0.3, -0.25) is 4.79 Å². The second-order valence-corrected chi connectivity index (χ2v) is 5.15. The monoisotopic (exact) mass is 310 g/mol. The minimum absolute atomic E-state index is 0.0982. The molecule has 0 atom stereocenters. The predicted octanol–water partition coefficient (Wildman–Crippen LogP) is 3.04. The molecule has 2 aromatic carbocycles. The number of amides is 1. The fourth-order valence-electron chi connectivity index (χ4n) is 2.54. The molecule has 3 N–H and O–H groups in total. The summed E-state index contributed by atoms with van der Waals surface area (Å²) >= 11 is 0. The summed E-state index contributed by atoms with van der Waals surface area (Å²) < 4.78 is 16.5. The summed E-state index contributed by atoms with van der Waals surface area (Å²) in [5.74, 6) is 0.959. The van der Waals surface area contributed by atoms with E-state index in [0.717, 1.165) is 5.39 Å². The highest BCUT2D eigenvalue weighted by Crippen LogP contribution is 2.33. The molecule has 6 heteroatoms. The summed E-state index contributed by atoms with van der Waals surface area (Å²) in [7, 11) is 0. The van der Waals surface area contributed by atoms with Crippen LogP contribution in [-0.2, 0) is 0 Å². The molecule has 1 aromatic heterocycles. The van der Waals surface area contributed by atoms with E-state index < -0.39 is 5.91 Å². The Bertz CT molecular complexity index is 901. The fourth-order valence-corrected chi connectivity index (χ4v) is 2.54. The van der Waals surface area contributed by atoms with Crippen LogP contribution in [0.4, 0.5) is 11.4 Å². The molecule has 116 valence electrons. The molecule has 0 bridgehead atoms. The summed E-state index contributed by atoms with van der Waals surface area (Å²) in [6.07, 6.45) is 0. The molecule has 1 aliphatic heterocycles. The van der Waals surface area contributed by atoms with Gasteiger partial charge < -0.3 is 24.9 Å². The van der Waals surface area contributed by atoms with E-state index in [-0.39, 0.29) is 5.76 Å². The Morgan fingerprint density at radius 1 is 1.04 bits per heavy atom. The maximum Gasteiger partial charge on any atom is 0.293 e. The van der Waals surface area contributed by atoms with E-state index >= 15 is 0 Å². The number of hydrogen-bond acceptors (Lipinski definition) is 5. The molecule has 0 unspecified atom stereocenters. The summed E-state index contributed by atoms with van der Waals surface area (Å²) in [6, 6.07) is 12.5. The fraction of sp³-hybridized carbons (Fsp3) is 0.118. The van der Waals surface area contributed by atoms with Gasteiger partial charge in [-0.1, -0.05) is 12.1 Å². The Morgan fingerprint density at radius 3 is 2.65 bits per heavy atom. The van der Waals surface area contributed by atoms with Crippen LogP contribution in [-0.4, -0.2) is 19.1 Å². The highest BCUT2D eigenvalue weighted by Gasteiger charge is 2.19. The molecule has 0 fully saturated rings. The lowest BCUT2D eigenvalue weighted by atomic mass is 10.2. The number of para-hydroxylation sites is 1. The van der Waals surface area contributed by atoms with Crippen LogP contribution in [0, 0.1) is 0 Å². The molecule has 3 aromatic rings. The van der Waals surface area contributed by atoms with Gasteiger partial charge in [-0.2, -0.15) is 0 Å². The molecule has 23 heavy (non-hydrogen) atoms. The standard InChI is InChI=1S/C17H14N2O4/c18-15-11-3-1-2-4-12(11)23-16(15)17(20)19-10-5-6-13-14(9-10)22-8-7-21-13/h1-6,9H,7-8,18H2,(H,19,20). The first kappa shape index (κ1) is 13.5. The first-order valence-corrected chi connectivity index (χ1v) is 7.20. The van der Waals surface area contributed by atoms with Crippen molar-refractivity contribution < 1.29 is 18.7 Å². The Morgan fingerprint density at radius 2 is 1.83 bits per heavy atom. The molecule has 6 nitrogen and oxygen atoms in total. The molecule has 0 radical (unpaired) electrons. The summed E-state index contributed by atoms with van der Waals surface area (Å²) in [5.41, 5.74) is 7.50. The first-order chi connectivity index (χ1) is 11.2. The average Bonchev–Trinajstić information content (AvgIpc) is 2.92. The molecule has 2 heterocycles. The Hall–Kier alpha value is -3.15. The molecule has 1 aliphatic rings. The van der Waals surface area contributed by atoms with Crippen molar-refractivity contribution in [3.63, 3.8) is 0 Å². The third-order valence-electron chi connectivity index (χ3n) is 3.64. The highest BCUT2D eigenvalue weighted by atomic mass is 16.6. The number of carbonyl (C=O) groups excluding carboxylic acids is 1. The molecule has 0 saturated heterocycles. The van der Waals surface area contributed by atoms with Gasteiger partial charge in [0.25, 0.3) is 5.91 Å². The van der Waals surface area contributed by atoms with Crippen LogP contribution in [0.1, 0.15) is 10.6 Å². The lowest BCUT2D eigenvalue weighted by molar-refractivity contribution is 0.0999. The van der Waals surface area contributed by atoms with Gasteiger partial charge in [-0.15, -0.1) is 0 Å². The second kappa shape index (κ2) is 5.24. The average molecular weight is 310 g/mol. The minimum atomic E-state index is -0.407. The largest absolute Gasteiger partial charge is 0.486 e. The van der Waals surface area contributed by atoms with Crippen LogP contribution >= 0.6 is 0 Å². The summed E-state index contributed by atoms with van der Waals surface area (Å²) in [6.45, 7) is 1.01. The third-order valence-corrected chi connectivity index (χ3v) is 3.64. The van der Waals surface area contributed by atoms with Crippen molar-refractivity contribution in [1.82, 2.24) is 0 Å². The summed E-state index contributed by atoms with van der Waals surface area (Å²) in [5, 5.41) is 3.48. The van der Waals surface area contributed by atoms with Crippen LogP contribution in [0.15, 0.2) is 46.9 Å². The Kier molecular flexibility index (Phi) is 3.08. The van der Waals surface area contributed by atoms with Crippen LogP contribution in [0.3, 0.4) is 0 Å². The third kappa shape index (κ3) is 2.34. The maximum atomic E-state index is 12.4. The zero-order valence-corrected chi connectivity index (χ0v) is 12.2. The number of ether oxygens (including phenoxy) is 2. The quantitative estimate of drug-likeness (QED) is 0.759. The van der Waals surface area contributed by atoms with Gasteiger partial charge in [0.15, 0.2) is 11.5 Å². The highest BCUT2D eigenvalue weighted by molar-refractivity contribution is 6.11. The van der Waals surface area contributed by atoms with E-state index in [4.69, 9.17) is 19.6 Å². The number of nitrogen functional groups attached to an aromatic ring is 1. The molecule has 0 aliphatic carbocycles. The molecule has 4 rings (SSSR count). The molecular weight excluding hydrogens is 296 g/mol. The SMILES string of the molecule is Nc1c(C(=O)Nc2ccc3c(c2)OCCO3)oc2ccccc12. The van der Waals surface area contributed by atoms with E-state index in [1.807, 2.05) is 18.2 Å². The number of benzene rings is 2. The van der Waals surface area contributed by atoms with Crippen molar-refractivity contribution in [2.45, 2.75) is 0 Å². The number of hydrogen-bond donors (Lipinski definition) is 2. The van der Waals surface area contributed by atoms with E-state index in [9.17, 15) is 4.79 Å². The lowest BCUT2D eigenvalue weighted by Gasteiger charge is -2.18. The van der Waals surface area contributed by atoms with Crippen LogP contribution in [0.5, 0.6) is 11.5 Å². The van der Waals surface area contributed by atoms with Crippen molar-refractivity contribution >= 4 is 28.3 Å². The second-order valence-electron chi connectivity index (χ2n) is 5.15. The number of nitrogens with one attached hydrogen (secondary N) is 1. The van der Waals surface area contributed by atoms with Crippen LogP contribution < -0.4 is 20.5 Å². The van der Waals surface area contributed by atoms with Gasteiger partial charge in [-0.25, -0.2) is 0 Å². The van der Waals surface area contributed by atoms with Crippen molar-refractivity contribution in [1.29, 1.82) is 0 Å². The number of fused-ring (bicyclic) bond motifs is 2. The molecular formula is C17H14N2O4. The number of nitrogens with two attached hydrogens (primary N) is 1. The van der Waals surface area contributed by atoms with Gasteiger partial charge in [0.1, 0.15) is 18.8 Å². The van der Waals surface area contributed by atoms with E-state index in [1.54, 1.807) is 24.3 Å². The number of anilines is 2. The van der Waals surface area contributed by atoms with Gasteiger partial charge in [0.2, 0.25) is 5.76 Å². The van der Waals surface area contributed by atoms with Crippen LogP contribution in [0.25, 0.3) is 11.0 Å². The number of rotatable bonds is 2. The normalized spacial score (nSPS) is 13.0. The number of furan rings is 1. The predicted molar refractivity (Wildman–Crippen MR) is 86.0 cm³/mol. The first-order valence-electron chi connectivity index (χ1n) is 7.20. The molecule has 0 spiro atoms. The van der Waals surface area contributed by atoms with Gasteiger partial charge >= 0.3 is 0 Å². The van der Waals surface area contributed by atoms with Crippen molar-refractivity contribution in [2.75, 3.05) is 24.3 Å². The number of carbonyl (C=O) groups is 1. The van der Waals surface area contributed by atoms with Crippen LogP contribution in [0.2, 0.25) is 0 Å². The van der Waals surface area contributed by atoms with E-state index in [1.165, 1.54) is 0 Å². The zero-order chi connectivity index (χ0) is 15.8. The van der Waals surface area contributed by atoms with Gasteiger partial charge in [0.05, 0.1) is 5.69 Å². The molecule has 1 amide bonds. The molecule has 0 saturated carbocycles. The lowest BCUT2D eigenvalue weighted by Crippen LogP contribution is -2.16. The van der Waals surface area contributed by atoms with Gasteiger partial charge in [0, 0.05) is 17.1 Å². The Balaban J connectivity index is 1.63. The van der Waals surface area contributed by atoms with E-state index in [2.05, 4.69) is 5.32 Å². The topological polar surface area (TPSA) is 86.7 Å². The summed E-state index contributed by atoms with van der Waals surface area (Å²) in [4.78, 5) is 12.4. The Labute approximate surface area is 131 Å².